The van der Waals surface area contributed by atoms with E-state index in [1.165, 1.54) is 117 Å². The number of ether oxygens (including phenoxy) is 2. The fourth-order valence-corrected chi connectivity index (χ4v) is 14.0. The summed E-state index contributed by atoms with van der Waals surface area (Å²) >= 11 is 0. The maximum atomic E-state index is 13.6. The van der Waals surface area contributed by atoms with Crippen molar-refractivity contribution in [1.29, 1.82) is 0 Å². The van der Waals surface area contributed by atoms with Gasteiger partial charge in [0.15, 0.2) is 0 Å². The number of nitrogens with zero attached hydrogens (tertiary/aromatic N) is 12. The summed E-state index contributed by atoms with van der Waals surface area (Å²) in [6, 6.07) is 6.22. The Bertz CT molecular complexity index is 1750. The standard InChI is InChI=1S/2C11H24N2.C10H21FN2.C10H22N2.C9H20N2.C9H19NO.C9H19N.C8H17NO.CH4/c1-11(2,3)13-8-6-10(7-9-13)12(4)5;1-10(2)12-6-8-13(9-7-12)11(3,4)5;1-8(2)13-6-5-10(12(3)4)9(11)7-13;1-10(2,3)12-7-6-9(8-12)11(4)5;1-7(2)11-5-8(3)10-9(4)6-11;1-7(2)10-5-8(3)11-9(4)6-10;1-8-5-6-10(7-8)9(2,3)4;1-8(2)9-4-3-6-10-7-5-9;/h2*10H,6-9H2,1-5H3;8-10H,5-7H2,1-4H3;9H,6-8H2,1-5H3;7-10H,5-6H2,1-4H3;7-9H,5-6H2,1-4H3;8H,5-7H2,1-4H3;8H,3-7H2,1-2H3;1H4/t;;9-,10+;9-;2*8-,9+;8-;;/m..00..1../s1. The van der Waals surface area contributed by atoms with Crippen LogP contribution in [0.25, 0.3) is 0 Å². The van der Waals surface area contributed by atoms with Gasteiger partial charge in [-0.2, -0.15) is 0 Å². The average Bonchev–Trinajstić information content (AvgIpc) is 1.30. The van der Waals surface area contributed by atoms with Crippen molar-refractivity contribution in [1.82, 2.24) is 64.1 Å². The van der Waals surface area contributed by atoms with E-state index in [-0.39, 0.29) is 13.5 Å². The van der Waals surface area contributed by atoms with Crippen LogP contribution in [0.5, 0.6) is 0 Å². The van der Waals surface area contributed by atoms with E-state index in [0.717, 1.165) is 63.8 Å². The molecule has 8 heterocycles. The summed E-state index contributed by atoms with van der Waals surface area (Å²) in [7, 11) is 12.7. The van der Waals surface area contributed by atoms with Gasteiger partial charge in [-0.3, -0.25) is 44.1 Å². The molecule has 0 aliphatic carbocycles. The highest BCUT2D eigenvalue weighted by Crippen LogP contribution is 2.26. The Balaban J connectivity index is 0.00000105. The first kappa shape index (κ1) is 93.3. The minimum Gasteiger partial charge on any atom is -0.380 e. The second-order valence-electron chi connectivity index (χ2n) is 35.5. The molecule has 8 atom stereocenters. The van der Waals surface area contributed by atoms with Crippen molar-refractivity contribution >= 4 is 0 Å². The van der Waals surface area contributed by atoms with E-state index in [1.807, 2.05) is 19.0 Å². The number of rotatable bonds is 8. The third-order valence-electron chi connectivity index (χ3n) is 20.8. The Hall–Kier alpha value is -0.670. The van der Waals surface area contributed by atoms with Crippen LogP contribution in [0.15, 0.2) is 0 Å². The molecule has 8 aliphatic heterocycles. The van der Waals surface area contributed by atoms with E-state index in [0.29, 0.717) is 83.2 Å². The molecule has 15 nitrogen and oxygen atoms in total. The van der Waals surface area contributed by atoms with E-state index in [1.54, 1.807) is 0 Å². The highest BCUT2D eigenvalue weighted by molar-refractivity contribution is 4.90. The molecule has 0 aromatic heterocycles. The molecule has 8 rings (SSSR count). The number of nitrogens with one attached hydrogen (secondary N) is 1. The fourth-order valence-electron chi connectivity index (χ4n) is 14.0. The molecule has 16 heteroatoms. The van der Waals surface area contributed by atoms with Gasteiger partial charge in [0.1, 0.15) is 6.17 Å². The maximum absolute atomic E-state index is 13.6. The number of hydrogen-bond acceptors (Lipinski definition) is 15. The van der Waals surface area contributed by atoms with Crippen molar-refractivity contribution in [2.75, 3.05) is 173 Å². The van der Waals surface area contributed by atoms with Gasteiger partial charge in [0, 0.05) is 200 Å². The van der Waals surface area contributed by atoms with Gasteiger partial charge in [0.2, 0.25) is 0 Å². The van der Waals surface area contributed by atoms with E-state index >= 15 is 0 Å². The van der Waals surface area contributed by atoms with E-state index in [2.05, 4.69) is 274 Å². The fraction of sp³-hybridized carbons (Fsp3) is 1.00. The SMILES string of the molecule is C.CC(C)N1CCCOCC1.CC(C)N1CCN(C(C)(C)C)CC1.CC(C)N1CC[C@@H](N(C)C)[C@@H](F)C1.CC(C)N1C[C@@H](C)N[C@@H](C)C1.CC(C)N1C[C@@H](C)O[C@@H](C)C1.CN(C)C1CCN(C(C)(C)C)CC1.CN(C)[C@H]1CCN(C(C)(C)C)C1.C[C@@H]1CCN(C(C)(C)C)C1. The third-order valence-corrected chi connectivity index (χ3v) is 20.8. The summed E-state index contributed by atoms with van der Waals surface area (Å²) in [4.78, 5) is 29.2. The van der Waals surface area contributed by atoms with Crippen LogP contribution >= 0.6 is 0 Å². The minimum absolute atomic E-state index is 0. The van der Waals surface area contributed by atoms with Gasteiger partial charge in [0.25, 0.3) is 0 Å². The van der Waals surface area contributed by atoms with Crippen LogP contribution in [0.2, 0.25) is 0 Å². The van der Waals surface area contributed by atoms with E-state index in [4.69, 9.17) is 9.47 Å². The Morgan fingerprint density at radius 3 is 1.11 bits per heavy atom. The molecule has 8 aliphatic rings. The Labute approximate surface area is 588 Å². The Morgan fingerprint density at radius 2 is 0.755 bits per heavy atom. The number of alkyl halides is 1. The minimum atomic E-state index is -0.689. The molecule has 0 unspecified atom stereocenters. The molecule has 8 saturated heterocycles. The lowest BCUT2D eigenvalue weighted by Crippen LogP contribution is -2.55. The molecular weight excluding hydrogens is 1170 g/mol. The van der Waals surface area contributed by atoms with Crippen LogP contribution in [0.3, 0.4) is 0 Å². The molecule has 0 saturated carbocycles. The molecule has 0 aromatic rings. The first-order valence-electron chi connectivity index (χ1n) is 38.1. The third kappa shape index (κ3) is 38.4. The summed E-state index contributed by atoms with van der Waals surface area (Å²) in [5.41, 5.74) is 1.45. The van der Waals surface area contributed by atoms with Crippen molar-refractivity contribution in [3.63, 3.8) is 0 Å². The molecular formula is C78H170FN13O2. The zero-order chi connectivity index (χ0) is 71.5. The van der Waals surface area contributed by atoms with Crippen molar-refractivity contribution in [2.45, 2.75) is 334 Å². The van der Waals surface area contributed by atoms with Gasteiger partial charge in [-0.05, 0) is 273 Å². The van der Waals surface area contributed by atoms with Crippen LogP contribution in [0, 0.1) is 5.92 Å². The predicted octanol–water partition coefficient (Wildman–Crippen LogP) is 12.9. The number of hydrogen-bond donors (Lipinski definition) is 1. The zero-order valence-corrected chi connectivity index (χ0v) is 68.5. The lowest BCUT2D eigenvalue weighted by molar-refractivity contribution is -0.0764. The highest BCUT2D eigenvalue weighted by atomic mass is 19.1. The van der Waals surface area contributed by atoms with Crippen molar-refractivity contribution in [3.05, 3.63) is 0 Å². The predicted molar refractivity (Wildman–Crippen MR) is 413 cm³/mol. The maximum Gasteiger partial charge on any atom is 0.128 e. The first-order chi connectivity index (χ1) is 42.7. The zero-order valence-electron chi connectivity index (χ0n) is 68.5. The Morgan fingerprint density at radius 1 is 0.372 bits per heavy atom. The lowest BCUT2D eigenvalue weighted by atomic mass is 9.98. The van der Waals surface area contributed by atoms with Crippen molar-refractivity contribution in [2.24, 2.45) is 5.92 Å². The van der Waals surface area contributed by atoms with Crippen molar-refractivity contribution < 1.29 is 13.9 Å². The van der Waals surface area contributed by atoms with Crippen LogP contribution in [-0.4, -0.2) is 333 Å². The van der Waals surface area contributed by atoms with Gasteiger partial charge in [-0.25, -0.2) is 4.39 Å². The number of piperazine rings is 2. The monoisotopic (exact) mass is 1340 g/mol. The van der Waals surface area contributed by atoms with E-state index < -0.39 is 6.17 Å². The smallest absolute Gasteiger partial charge is 0.128 e. The average molecular weight is 1340 g/mol. The largest absolute Gasteiger partial charge is 0.380 e. The summed E-state index contributed by atoms with van der Waals surface area (Å²) < 4.78 is 24.6. The quantitative estimate of drug-likeness (QED) is 0.251. The van der Waals surface area contributed by atoms with E-state index in [9.17, 15) is 4.39 Å². The summed E-state index contributed by atoms with van der Waals surface area (Å²) in [5, 5.41) is 3.52. The van der Waals surface area contributed by atoms with Gasteiger partial charge >= 0.3 is 0 Å². The molecule has 94 heavy (non-hydrogen) atoms. The number of morpholine rings is 1. The topological polar surface area (TPSA) is 69.4 Å². The second-order valence-corrected chi connectivity index (χ2v) is 35.5. The van der Waals surface area contributed by atoms with Crippen LogP contribution < -0.4 is 5.32 Å². The summed E-state index contributed by atoms with van der Waals surface area (Å²) in [6.45, 7) is 83.9. The Kier molecular flexibility index (Phi) is 45.0. The molecule has 0 spiro atoms. The second kappa shape index (κ2) is 45.3. The number of likely N-dealkylation sites (N-methyl/N-ethyl adjacent to an activating group) is 1. The van der Waals surface area contributed by atoms with Crippen LogP contribution in [0.1, 0.15) is 233 Å². The molecule has 8 fully saturated rings. The molecule has 0 radical (unpaired) electrons. The number of likely N-dealkylation sites (tertiary alicyclic amines) is 4. The van der Waals surface area contributed by atoms with Crippen molar-refractivity contribution in [3.8, 4) is 0 Å². The van der Waals surface area contributed by atoms with Gasteiger partial charge in [-0.15, -0.1) is 0 Å². The molecule has 0 bridgehead atoms. The first-order valence-corrected chi connectivity index (χ1v) is 38.1. The van der Waals surface area contributed by atoms with Crippen LogP contribution in [0.4, 0.5) is 4.39 Å². The normalized spacial score (nSPS) is 27.8. The molecule has 566 valence electrons. The number of piperidine rings is 2. The van der Waals surface area contributed by atoms with Gasteiger partial charge < -0.3 is 29.5 Å². The summed E-state index contributed by atoms with van der Waals surface area (Å²) in [6.07, 6.45) is 7.62. The number of halogens is 1. The van der Waals surface area contributed by atoms with Gasteiger partial charge in [0.05, 0.1) is 18.8 Å². The van der Waals surface area contributed by atoms with Crippen LogP contribution in [-0.2, 0) is 9.47 Å². The molecule has 0 aromatic carbocycles. The molecule has 0 amide bonds. The van der Waals surface area contributed by atoms with Gasteiger partial charge in [-0.1, -0.05) is 14.4 Å². The lowest BCUT2D eigenvalue weighted by Gasteiger charge is -2.43. The highest BCUT2D eigenvalue weighted by Gasteiger charge is 2.34. The molecule has 1 N–H and O–H groups in total. The summed E-state index contributed by atoms with van der Waals surface area (Å²) in [5.74, 6) is 0.916.